The van der Waals surface area contributed by atoms with Gasteiger partial charge in [-0.15, -0.1) is 12.4 Å². The van der Waals surface area contributed by atoms with Gasteiger partial charge in [-0.1, -0.05) is 25.0 Å². The van der Waals surface area contributed by atoms with E-state index in [4.69, 9.17) is 5.73 Å². The molecule has 2 N–H and O–H groups in total. The van der Waals surface area contributed by atoms with Crippen molar-refractivity contribution < 1.29 is 13.2 Å². The Morgan fingerprint density at radius 1 is 1.15 bits per heavy atom. The van der Waals surface area contributed by atoms with Gasteiger partial charge in [0.1, 0.15) is 0 Å². The molecule has 26 heavy (non-hydrogen) atoms. The number of piperidine rings is 1. The standard InChI is InChI=1S/C19H28N2O3S.ClH/c1-14-5-6-15(2)17(13-14)25(23,24)19(9-3-4-10-19)18(22)21-11-7-16(20)8-12-21;/h5-6,13,16H,3-4,7-12,20H2,1-2H3;1H. The molecule has 1 saturated heterocycles. The monoisotopic (exact) mass is 400 g/mol. The zero-order valence-corrected chi connectivity index (χ0v) is 17.2. The number of carbonyl (C=O) groups excluding carboxylic acids is 1. The zero-order chi connectivity index (χ0) is 18.2. The first-order chi connectivity index (χ1) is 11.8. The summed E-state index contributed by atoms with van der Waals surface area (Å²) in [5, 5.41) is 0. The molecule has 1 aliphatic heterocycles. The van der Waals surface area contributed by atoms with Gasteiger partial charge in [0.25, 0.3) is 0 Å². The third kappa shape index (κ3) is 3.51. The molecule has 1 amide bonds. The highest BCUT2D eigenvalue weighted by molar-refractivity contribution is 7.93. The van der Waals surface area contributed by atoms with E-state index in [1.807, 2.05) is 19.1 Å². The molecule has 1 saturated carbocycles. The molecule has 3 rings (SSSR count). The fraction of sp³-hybridized carbons (Fsp3) is 0.632. The van der Waals surface area contributed by atoms with Crippen molar-refractivity contribution in [2.75, 3.05) is 13.1 Å². The van der Waals surface area contributed by atoms with Crippen molar-refractivity contribution in [2.24, 2.45) is 5.73 Å². The second-order valence-electron chi connectivity index (χ2n) is 7.60. The van der Waals surface area contributed by atoms with Gasteiger partial charge in [0, 0.05) is 19.1 Å². The first-order valence-electron chi connectivity index (χ1n) is 9.15. The van der Waals surface area contributed by atoms with Crippen LogP contribution in [0.1, 0.15) is 49.7 Å². The van der Waals surface area contributed by atoms with Crippen molar-refractivity contribution in [2.45, 2.75) is 68.1 Å². The molecule has 1 aromatic rings. The van der Waals surface area contributed by atoms with Crippen LogP contribution in [0.5, 0.6) is 0 Å². The summed E-state index contributed by atoms with van der Waals surface area (Å²) in [5.74, 6) is -0.210. The van der Waals surface area contributed by atoms with Crippen molar-refractivity contribution in [3.05, 3.63) is 29.3 Å². The second-order valence-corrected chi connectivity index (χ2v) is 9.83. The number of hydrogen-bond acceptors (Lipinski definition) is 4. The molecule has 0 atom stereocenters. The average molecular weight is 401 g/mol. The summed E-state index contributed by atoms with van der Waals surface area (Å²) in [6.07, 6.45) is 3.89. The van der Waals surface area contributed by atoms with E-state index in [0.29, 0.717) is 36.4 Å². The van der Waals surface area contributed by atoms with Crippen molar-refractivity contribution >= 4 is 28.2 Å². The molecule has 0 radical (unpaired) electrons. The van der Waals surface area contributed by atoms with Gasteiger partial charge in [0.05, 0.1) is 4.90 Å². The third-order valence-corrected chi connectivity index (χ3v) is 8.41. The SMILES string of the molecule is Cc1ccc(C)c(S(=O)(=O)C2(C(=O)N3CCC(N)CC3)CCCC2)c1.Cl. The van der Waals surface area contributed by atoms with E-state index in [1.165, 1.54) is 0 Å². The smallest absolute Gasteiger partial charge is 0.244 e. The molecule has 0 spiro atoms. The van der Waals surface area contributed by atoms with Gasteiger partial charge in [-0.05, 0) is 56.7 Å². The Kier molecular flexibility index (Phi) is 6.41. The molecule has 2 aliphatic rings. The fourth-order valence-corrected chi connectivity index (χ4v) is 6.58. The number of hydrogen-bond donors (Lipinski definition) is 1. The first-order valence-corrected chi connectivity index (χ1v) is 10.6. The lowest BCUT2D eigenvalue weighted by atomic mass is 10.0. The van der Waals surface area contributed by atoms with Crippen LogP contribution in [0, 0.1) is 13.8 Å². The van der Waals surface area contributed by atoms with Crippen LogP contribution in [0.2, 0.25) is 0 Å². The number of carbonyl (C=O) groups is 1. The van der Waals surface area contributed by atoms with Crippen molar-refractivity contribution in [3.63, 3.8) is 0 Å². The van der Waals surface area contributed by atoms with E-state index in [1.54, 1.807) is 17.9 Å². The van der Waals surface area contributed by atoms with E-state index in [2.05, 4.69) is 0 Å². The van der Waals surface area contributed by atoms with Crippen LogP contribution < -0.4 is 5.73 Å². The number of likely N-dealkylation sites (tertiary alicyclic amines) is 1. The highest BCUT2D eigenvalue weighted by Crippen LogP contribution is 2.43. The van der Waals surface area contributed by atoms with Gasteiger partial charge in [-0.2, -0.15) is 0 Å². The number of amides is 1. The molecule has 1 aliphatic carbocycles. The number of nitrogens with two attached hydrogens (primary N) is 1. The van der Waals surface area contributed by atoms with Gasteiger partial charge in [-0.25, -0.2) is 8.42 Å². The van der Waals surface area contributed by atoms with Gasteiger partial charge < -0.3 is 10.6 Å². The van der Waals surface area contributed by atoms with Crippen LogP contribution >= 0.6 is 12.4 Å². The minimum Gasteiger partial charge on any atom is -0.341 e. The third-order valence-electron chi connectivity index (χ3n) is 5.78. The van der Waals surface area contributed by atoms with E-state index >= 15 is 0 Å². The highest BCUT2D eigenvalue weighted by atomic mass is 35.5. The molecular weight excluding hydrogens is 372 g/mol. The molecule has 0 unspecified atom stereocenters. The van der Waals surface area contributed by atoms with Crippen LogP contribution in [-0.2, 0) is 14.6 Å². The predicted molar refractivity (Wildman–Crippen MR) is 105 cm³/mol. The highest BCUT2D eigenvalue weighted by Gasteiger charge is 2.54. The Morgan fingerprint density at radius 2 is 1.73 bits per heavy atom. The van der Waals surface area contributed by atoms with Crippen molar-refractivity contribution in [1.29, 1.82) is 0 Å². The number of rotatable bonds is 3. The zero-order valence-electron chi connectivity index (χ0n) is 15.5. The maximum absolute atomic E-state index is 13.6. The Balaban J connectivity index is 0.00000243. The topological polar surface area (TPSA) is 80.5 Å². The van der Waals surface area contributed by atoms with Crippen LogP contribution in [0.15, 0.2) is 23.1 Å². The Hall–Kier alpha value is -1.11. The van der Waals surface area contributed by atoms with Gasteiger partial charge in [-0.3, -0.25) is 4.79 Å². The summed E-state index contributed by atoms with van der Waals surface area (Å²) < 4.78 is 25.9. The van der Waals surface area contributed by atoms with Crippen molar-refractivity contribution in [3.8, 4) is 0 Å². The van der Waals surface area contributed by atoms with E-state index in [9.17, 15) is 13.2 Å². The summed E-state index contributed by atoms with van der Waals surface area (Å²) in [4.78, 5) is 15.4. The lowest BCUT2D eigenvalue weighted by Crippen LogP contribution is -2.55. The van der Waals surface area contributed by atoms with Gasteiger partial charge >= 0.3 is 0 Å². The van der Waals surface area contributed by atoms with Crippen LogP contribution in [0.25, 0.3) is 0 Å². The number of nitrogens with zero attached hydrogens (tertiary/aromatic N) is 1. The minimum atomic E-state index is -3.74. The molecule has 146 valence electrons. The van der Waals surface area contributed by atoms with Gasteiger partial charge in [0.15, 0.2) is 14.6 Å². The maximum atomic E-state index is 13.6. The lowest BCUT2D eigenvalue weighted by molar-refractivity contribution is -0.134. The fourth-order valence-electron chi connectivity index (χ4n) is 4.14. The maximum Gasteiger partial charge on any atom is 0.244 e. The molecule has 5 nitrogen and oxygen atoms in total. The molecule has 0 aromatic heterocycles. The largest absolute Gasteiger partial charge is 0.341 e. The number of halogens is 1. The predicted octanol–water partition coefficient (Wildman–Crippen LogP) is 2.76. The normalized spacial score (nSPS) is 20.7. The average Bonchev–Trinajstić information content (AvgIpc) is 3.08. The second kappa shape index (κ2) is 7.87. The van der Waals surface area contributed by atoms with E-state index < -0.39 is 14.6 Å². The number of aryl methyl sites for hydroxylation is 2. The molecule has 7 heteroatoms. The van der Waals surface area contributed by atoms with Gasteiger partial charge in [0.2, 0.25) is 5.91 Å². The Morgan fingerprint density at radius 3 is 2.31 bits per heavy atom. The minimum absolute atomic E-state index is 0. The molecular formula is C19H29ClN2O3S. The summed E-state index contributed by atoms with van der Waals surface area (Å²) in [5.41, 5.74) is 7.55. The molecule has 1 aromatic carbocycles. The quantitative estimate of drug-likeness (QED) is 0.845. The Bertz CT molecular complexity index is 765. The molecule has 0 bridgehead atoms. The summed E-state index contributed by atoms with van der Waals surface area (Å²) in [6, 6.07) is 5.56. The van der Waals surface area contributed by atoms with Crippen LogP contribution in [-0.4, -0.2) is 43.1 Å². The molecule has 1 heterocycles. The first kappa shape index (κ1) is 21.2. The number of sulfone groups is 1. The lowest BCUT2D eigenvalue weighted by Gasteiger charge is -2.37. The van der Waals surface area contributed by atoms with E-state index in [0.717, 1.165) is 31.2 Å². The van der Waals surface area contributed by atoms with Crippen LogP contribution in [0.4, 0.5) is 0 Å². The van der Waals surface area contributed by atoms with Crippen LogP contribution in [0.3, 0.4) is 0 Å². The van der Waals surface area contributed by atoms with E-state index in [-0.39, 0.29) is 24.4 Å². The summed E-state index contributed by atoms with van der Waals surface area (Å²) >= 11 is 0. The van der Waals surface area contributed by atoms with Crippen molar-refractivity contribution in [1.82, 2.24) is 4.90 Å². The number of benzene rings is 1. The summed E-state index contributed by atoms with van der Waals surface area (Å²) in [6.45, 7) is 4.81. The summed E-state index contributed by atoms with van der Waals surface area (Å²) in [7, 11) is -3.74. The Labute approximate surface area is 162 Å². The molecule has 2 fully saturated rings.